The third-order valence-electron chi connectivity index (χ3n) is 3.56. The van der Waals surface area contributed by atoms with Gasteiger partial charge >= 0.3 is 0 Å². The Hall–Kier alpha value is -1.21. The molecule has 0 saturated heterocycles. The molecule has 0 fully saturated rings. The first kappa shape index (κ1) is 11.9. The van der Waals surface area contributed by atoms with Gasteiger partial charge < -0.3 is 0 Å². The molecule has 1 aliphatic carbocycles. The summed E-state index contributed by atoms with van der Waals surface area (Å²) in [6.45, 7) is 2.26. The average molecular weight is 254 g/mol. The lowest BCUT2D eigenvalue weighted by Crippen LogP contribution is -1.92. The van der Waals surface area contributed by atoms with Crippen LogP contribution in [0.5, 0.6) is 0 Å². The van der Waals surface area contributed by atoms with Crippen LogP contribution in [-0.2, 0) is 0 Å². The Bertz CT molecular complexity index is 499. The van der Waals surface area contributed by atoms with Crippen molar-refractivity contribution in [2.24, 2.45) is 0 Å². The number of fused-ring (bicyclic) bond motifs is 3. The van der Waals surface area contributed by atoms with Crippen molar-refractivity contribution in [2.45, 2.75) is 25.0 Å². The van der Waals surface area contributed by atoms with Crippen molar-refractivity contribution in [3.05, 3.63) is 59.7 Å². The van der Waals surface area contributed by atoms with Crippen LogP contribution in [0.2, 0.25) is 0 Å². The van der Waals surface area contributed by atoms with Crippen LogP contribution in [0.4, 0.5) is 0 Å². The minimum absolute atomic E-state index is 0.545. The molecule has 0 heterocycles. The van der Waals surface area contributed by atoms with Gasteiger partial charge in [-0.05, 0) is 34.4 Å². The van der Waals surface area contributed by atoms with E-state index in [0.29, 0.717) is 5.25 Å². The summed E-state index contributed by atoms with van der Waals surface area (Å²) in [5, 5.41) is 0.545. The Morgan fingerprint density at radius 1 is 0.889 bits per heavy atom. The van der Waals surface area contributed by atoms with Crippen LogP contribution in [0, 0.1) is 0 Å². The van der Waals surface area contributed by atoms with E-state index in [2.05, 4.69) is 67.2 Å². The SMILES string of the molecule is CCCCSC1c2ccccc2-c2ccccc21. The zero-order valence-corrected chi connectivity index (χ0v) is 11.5. The molecule has 0 amide bonds. The molecule has 0 aromatic heterocycles. The van der Waals surface area contributed by atoms with Crippen LogP contribution in [0.1, 0.15) is 36.1 Å². The quantitative estimate of drug-likeness (QED) is 0.668. The first-order valence-corrected chi connectivity index (χ1v) is 7.76. The monoisotopic (exact) mass is 254 g/mol. The van der Waals surface area contributed by atoms with Gasteiger partial charge in [0.1, 0.15) is 0 Å². The molecule has 2 aromatic carbocycles. The number of unbranched alkanes of at least 4 members (excludes halogenated alkanes) is 1. The van der Waals surface area contributed by atoms with E-state index in [0.717, 1.165) is 0 Å². The largest absolute Gasteiger partial charge is 0.149 e. The van der Waals surface area contributed by atoms with E-state index < -0.39 is 0 Å². The lowest BCUT2D eigenvalue weighted by Gasteiger charge is -2.12. The van der Waals surface area contributed by atoms with Crippen LogP contribution < -0.4 is 0 Å². The Kier molecular flexibility index (Phi) is 3.42. The predicted octanol–water partition coefficient (Wildman–Crippen LogP) is 5.29. The first-order valence-electron chi connectivity index (χ1n) is 6.71. The Morgan fingerprint density at radius 2 is 1.44 bits per heavy atom. The highest BCUT2D eigenvalue weighted by Crippen LogP contribution is 2.49. The molecule has 0 N–H and O–H groups in total. The minimum Gasteiger partial charge on any atom is -0.149 e. The van der Waals surface area contributed by atoms with E-state index in [1.165, 1.54) is 40.8 Å². The highest BCUT2D eigenvalue weighted by atomic mass is 32.2. The molecular formula is C17H18S. The third-order valence-corrected chi connectivity index (χ3v) is 4.92. The summed E-state index contributed by atoms with van der Waals surface area (Å²) in [6.07, 6.45) is 2.59. The van der Waals surface area contributed by atoms with E-state index in [1.54, 1.807) is 0 Å². The molecule has 0 saturated carbocycles. The van der Waals surface area contributed by atoms with Crippen molar-refractivity contribution in [3.8, 4) is 11.1 Å². The van der Waals surface area contributed by atoms with Gasteiger partial charge in [-0.25, -0.2) is 0 Å². The zero-order chi connectivity index (χ0) is 12.4. The highest BCUT2D eigenvalue weighted by molar-refractivity contribution is 7.99. The van der Waals surface area contributed by atoms with Crippen molar-refractivity contribution in [3.63, 3.8) is 0 Å². The number of hydrogen-bond donors (Lipinski definition) is 0. The minimum atomic E-state index is 0.545. The molecule has 2 aromatic rings. The average Bonchev–Trinajstić information content (AvgIpc) is 2.74. The van der Waals surface area contributed by atoms with E-state index in [4.69, 9.17) is 0 Å². The maximum atomic E-state index is 2.29. The molecule has 3 rings (SSSR count). The van der Waals surface area contributed by atoms with Gasteiger partial charge in [-0.3, -0.25) is 0 Å². The normalized spacial score (nSPS) is 13.4. The molecule has 0 bridgehead atoms. The topological polar surface area (TPSA) is 0 Å². The second-order valence-electron chi connectivity index (χ2n) is 4.78. The van der Waals surface area contributed by atoms with Crippen LogP contribution in [0.3, 0.4) is 0 Å². The third kappa shape index (κ3) is 1.97. The Labute approximate surface area is 113 Å². The summed E-state index contributed by atoms with van der Waals surface area (Å²) in [4.78, 5) is 0. The van der Waals surface area contributed by atoms with Gasteiger partial charge in [-0.1, -0.05) is 61.9 Å². The van der Waals surface area contributed by atoms with Gasteiger partial charge in [0, 0.05) is 0 Å². The van der Waals surface area contributed by atoms with Crippen molar-refractivity contribution in [1.82, 2.24) is 0 Å². The van der Waals surface area contributed by atoms with Crippen LogP contribution in [-0.4, -0.2) is 5.75 Å². The lowest BCUT2D eigenvalue weighted by molar-refractivity contribution is 0.894. The molecule has 0 unspecified atom stereocenters. The second kappa shape index (κ2) is 5.19. The van der Waals surface area contributed by atoms with Crippen molar-refractivity contribution >= 4 is 11.8 Å². The van der Waals surface area contributed by atoms with Gasteiger partial charge in [0.05, 0.1) is 5.25 Å². The standard InChI is InChI=1S/C17H18S/c1-2-3-12-18-17-15-10-6-4-8-13(15)14-9-5-7-11-16(14)17/h4-11,17H,2-3,12H2,1H3. The fraction of sp³-hybridized carbons (Fsp3) is 0.294. The van der Waals surface area contributed by atoms with E-state index in [-0.39, 0.29) is 0 Å². The molecule has 0 radical (unpaired) electrons. The highest BCUT2D eigenvalue weighted by Gasteiger charge is 2.27. The predicted molar refractivity (Wildman–Crippen MR) is 81.1 cm³/mol. The van der Waals surface area contributed by atoms with E-state index in [1.807, 2.05) is 0 Å². The molecule has 0 atom stereocenters. The zero-order valence-electron chi connectivity index (χ0n) is 10.7. The number of thioether (sulfide) groups is 1. The Balaban J connectivity index is 1.98. The fourth-order valence-corrected chi connectivity index (χ4v) is 4.10. The van der Waals surface area contributed by atoms with Crippen LogP contribution in [0.25, 0.3) is 11.1 Å². The number of benzene rings is 2. The summed E-state index contributed by atoms with van der Waals surface area (Å²) < 4.78 is 0. The van der Waals surface area contributed by atoms with Gasteiger partial charge in [-0.2, -0.15) is 0 Å². The lowest BCUT2D eigenvalue weighted by atomic mass is 10.1. The molecule has 0 aliphatic heterocycles. The number of rotatable bonds is 4. The Morgan fingerprint density at radius 3 is 2.00 bits per heavy atom. The molecule has 0 spiro atoms. The van der Waals surface area contributed by atoms with Crippen LogP contribution in [0.15, 0.2) is 48.5 Å². The van der Waals surface area contributed by atoms with Crippen molar-refractivity contribution < 1.29 is 0 Å². The fourth-order valence-electron chi connectivity index (χ4n) is 2.63. The van der Waals surface area contributed by atoms with Crippen LogP contribution >= 0.6 is 11.8 Å². The first-order chi connectivity index (χ1) is 8.92. The van der Waals surface area contributed by atoms with Gasteiger partial charge in [-0.15, -0.1) is 11.8 Å². The van der Waals surface area contributed by atoms with Gasteiger partial charge in [0.25, 0.3) is 0 Å². The van der Waals surface area contributed by atoms with Crippen molar-refractivity contribution in [2.75, 3.05) is 5.75 Å². The molecule has 1 aliphatic rings. The summed E-state index contributed by atoms with van der Waals surface area (Å²) in [5.74, 6) is 1.25. The maximum Gasteiger partial charge on any atom is 0.0558 e. The van der Waals surface area contributed by atoms with E-state index >= 15 is 0 Å². The summed E-state index contributed by atoms with van der Waals surface area (Å²) in [5.41, 5.74) is 5.86. The second-order valence-corrected chi connectivity index (χ2v) is 5.99. The maximum absolute atomic E-state index is 2.29. The molecule has 0 nitrogen and oxygen atoms in total. The molecular weight excluding hydrogens is 236 g/mol. The smallest absolute Gasteiger partial charge is 0.0558 e. The summed E-state index contributed by atoms with van der Waals surface area (Å²) in [7, 11) is 0. The summed E-state index contributed by atoms with van der Waals surface area (Å²) >= 11 is 2.09. The molecule has 18 heavy (non-hydrogen) atoms. The van der Waals surface area contributed by atoms with Gasteiger partial charge in [0.2, 0.25) is 0 Å². The molecule has 92 valence electrons. The van der Waals surface area contributed by atoms with Gasteiger partial charge in [0.15, 0.2) is 0 Å². The van der Waals surface area contributed by atoms with E-state index in [9.17, 15) is 0 Å². The molecule has 1 heteroatoms. The number of hydrogen-bond acceptors (Lipinski definition) is 1. The summed E-state index contributed by atoms with van der Waals surface area (Å²) in [6, 6.07) is 17.7. The van der Waals surface area contributed by atoms with Crippen molar-refractivity contribution in [1.29, 1.82) is 0 Å².